The van der Waals surface area contributed by atoms with E-state index in [0.29, 0.717) is 34.7 Å². The van der Waals surface area contributed by atoms with Gasteiger partial charge in [-0.1, -0.05) is 23.2 Å². The average molecular weight is 434 g/mol. The minimum Gasteiger partial charge on any atom is -0.301 e. The Bertz CT molecular complexity index is 901. The average Bonchev–Trinajstić information content (AvgIpc) is 3.00. The molecule has 0 bridgehead atoms. The summed E-state index contributed by atoms with van der Waals surface area (Å²) in [6, 6.07) is 5.30. The predicted octanol–water partition coefficient (Wildman–Crippen LogP) is 2.71. The maximum atomic E-state index is 12.1. The molecule has 26 heavy (non-hydrogen) atoms. The normalized spacial score (nSPS) is 17.2. The van der Waals surface area contributed by atoms with Crippen molar-refractivity contribution in [2.45, 2.75) is 6.42 Å². The zero-order valence-corrected chi connectivity index (χ0v) is 16.9. The van der Waals surface area contributed by atoms with Crippen molar-refractivity contribution in [3.05, 3.63) is 44.9 Å². The van der Waals surface area contributed by atoms with Gasteiger partial charge in [-0.25, -0.2) is 13.4 Å². The van der Waals surface area contributed by atoms with Gasteiger partial charge in [-0.2, -0.15) is 0 Å². The quantitative estimate of drug-likeness (QED) is 0.783. The number of aromatic nitrogens is 1. The monoisotopic (exact) mass is 433 g/mol. The molecule has 1 aromatic carbocycles. The number of anilines is 1. The first-order chi connectivity index (χ1) is 12.3. The van der Waals surface area contributed by atoms with Crippen molar-refractivity contribution in [1.29, 1.82) is 0 Å². The van der Waals surface area contributed by atoms with Gasteiger partial charge in [0.1, 0.15) is 0 Å². The highest BCUT2D eigenvalue weighted by Gasteiger charge is 2.23. The second-order valence-electron chi connectivity index (χ2n) is 6.02. The number of carbonyl (C=O) groups excluding carboxylic acids is 1. The van der Waals surface area contributed by atoms with Crippen LogP contribution in [0.25, 0.3) is 0 Å². The third-order valence-electron chi connectivity index (χ3n) is 3.98. The van der Waals surface area contributed by atoms with Gasteiger partial charge in [-0.3, -0.25) is 9.69 Å². The van der Waals surface area contributed by atoms with Crippen LogP contribution in [0.5, 0.6) is 0 Å². The molecule has 1 N–H and O–H groups in total. The Morgan fingerprint density at radius 1 is 1.27 bits per heavy atom. The molecule has 2 aromatic rings. The standard InChI is InChI=1S/C16H17Cl2N3O3S2/c17-12-1-2-14(18)11(7-12)8-13-9-19-16(25-13)20-15(22)10-21-3-5-26(23,24)6-4-21/h1-2,7,9H,3-6,8,10H2,(H,19,20,22). The van der Waals surface area contributed by atoms with Crippen molar-refractivity contribution in [3.63, 3.8) is 0 Å². The molecule has 0 saturated carbocycles. The van der Waals surface area contributed by atoms with Gasteiger partial charge in [-0.15, -0.1) is 11.3 Å². The van der Waals surface area contributed by atoms with Crippen LogP contribution in [0.2, 0.25) is 10.0 Å². The van der Waals surface area contributed by atoms with Gasteiger partial charge >= 0.3 is 0 Å². The molecule has 1 aliphatic heterocycles. The van der Waals surface area contributed by atoms with Gasteiger partial charge < -0.3 is 5.32 Å². The molecule has 3 rings (SSSR count). The number of rotatable bonds is 5. The van der Waals surface area contributed by atoms with Crippen molar-refractivity contribution in [1.82, 2.24) is 9.88 Å². The van der Waals surface area contributed by atoms with E-state index in [1.54, 1.807) is 18.3 Å². The van der Waals surface area contributed by atoms with Gasteiger partial charge in [0.15, 0.2) is 15.0 Å². The second-order valence-corrected chi connectivity index (χ2v) is 10.3. The Balaban J connectivity index is 1.55. The molecule has 0 unspecified atom stereocenters. The number of nitrogens with zero attached hydrogens (tertiary/aromatic N) is 2. The fourth-order valence-electron chi connectivity index (χ4n) is 2.58. The molecule has 140 valence electrons. The van der Waals surface area contributed by atoms with E-state index in [1.807, 2.05) is 11.0 Å². The van der Waals surface area contributed by atoms with Crippen LogP contribution in [0.4, 0.5) is 5.13 Å². The van der Waals surface area contributed by atoms with Crippen LogP contribution in [0.15, 0.2) is 24.4 Å². The molecule has 1 saturated heterocycles. The molecule has 10 heteroatoms. The maximum absolute atomic E-state index is 12.1. The molecule has 1 aromatic heterocycles. The van der Waals surface area contributed by atoms with Crippen LogP contribution in [-0.2, 0) is 21.1 Å². The highest BCUT2D eigenvalue weighted by atomic mass is 35.5. The van der Waals surface area contributed by atoms with Crippen LogP contribution in [-0.4, -0.2) is 55.3 Å². The van der Waals surface area contributed by atoms with Crippen molar-refractivity contribution in [2.75, 3.05) is 36.5 Å². The van der Waals surface area contributed by atoms with Gasteiger partial charge in [0, 0.05) is 40.6 Å². The highest BCUT2D eigenvalue weighted by molar-refractivity contribution is 7.91. The molecule has 0 radical (unpaired) electrons. The number of halogens is 2. The molecule has 1 fully saturated rings. The first-order valence-corrected chi connectivity index (χ1v) is 11.3. The smallest absolute Gasteiger partial charge is 0.240 e. The minimum atomic E-state index is -2.95. The van der Waals surface area contributed by atoms with Crippen LogP contribution < -0.4 is 5.32 Å². The molecular formula is C16H17Cl2N3O3S2. The van der Waals surface area contributed by atoms with Crippen molar-refractivity contribution in [3.8, 4) is 0 Å². The third kappa shape index (κ3) is 5.40. The largest absolute Gasteiger partial charge is 0.301 e. The van der Waals surface area contributed by atoms with Crippen molar-refractivity contribution in [2.24, 2.45) is 0 Å². The Kier molecular flexibility index (Phi) is 6.19. The van der Waals surface area contributed by atoms with Crippen LogP contribution >= 0.6 is 34.5 Å². The van der Waals surface area contributed by atoms with Crippen LogP contribution in [0.1, 0.15) is 10.4 Å². The van der Waals surface area contributed by atoms with E-state index in [1.165, 1.54) is 11.3 Å². The lowest BCUT2D eigenvalue weighted by Gasteiger charge is -2.25. The summed E-state index contributed by atoms with van der Waals surface area (Å²) < 4.78 is 22.8. The van der Waals surface area contributed by atoms with E-state index in [-0.39, 0.29) is 24.0 Å². The van der Waals surface area contributed by atoms with E-state index in [9.17, 15) is 13.2 Å². The minimum absolute atomic E-state index is 0.0993. The number of benzene rings is 1. The number of hydrogen-bond donors (Lipinski definition) is 1. The van der Waals surface area contributed by atoms with Crippen molar-refractivity contribution < 1.29 is 13.2 Å². The van der Waals surface area contributed by atoms with E-state index < -0.39 is 9.84 Å². The number of hydrogen-bond acceptors (Lipinski definition) is 6. The number of nitrogens with one attached hydrogen (secondary N) is 1. The summed E-state index contributed by atoms with van der Waals surface area (Å²) in [5, 5.41) is 4.52. The summed E-state index contributed by atoms with van der Waals surface area (Å²) >= 11 is 13.5. The lowest BCUT2D eigenvalue weighted by atomic mass is 10.1. The lowest BCUT2D eigenvalue weighted by Crippen LogP contribution is -2.43. The van der Waals surface area contributed by atoms with Gasteiger partial charge in [0.05, 0.1) is 18.1 Å². The zero-order valence-electron chi connectivity index (χ0n) is 13.7. The predicted molar refractivity (Wildman–Crippen MR) is 105 cm³/mol. The van der Waals surface area contributed by atoms with E-state index in [0.717, 1.165) is 10.4 Å². The Morgan fingerprint density at radius 2 is 2.00 bits per heavy atom. The summed E-state index contributed by atoms with van der Waals surface area (Å²) in [5.74, 6) is -0.00423. The number of thiazole rings is 1. The Morgan fingerprint density at radius 3 is 2.73 bits per heavy atom. The lowest BCUT2D eigenvalue weighted by molar-refractivity contribution is -0.117. The summed E-state index contributed by atoms with van der Waals surface area (Å²) in [4.78, 5) is 19.1. The molecular weight excluding hydrogens is 417 g/mol. The second kappa shape index (κ2) is 8.22. The third-order valence-corrected chi connectivity index (χ3v) is 7.10. The van der Waals surface area contributed by atoms with E-state index in [2.05, 4.69) is 10.3 Å². The molecule has 1 amide bonds. The fourth-order valence-corrected chi connectivity index (χ4v) is 5.09. The Labute approximate surface area is 166 Å². The molecule has 6 nitrogen and oxygen atoms in total. The SMILES string of the molecule is O=C(CN1CCS(=O)(=O)CC1)Nc1ncc(Cc2cc(Cl)ccc2Cl)s1. The number of amides is 1. The molecule has 0 aliphatic carbocycles. The van der Waals surface area contributed by atoms with Gasteiger partial charge in [0.25, 0.3) is 0 Å². The Hall–Kier alpha value is -1.19. The summed E-state index contributed by atoms with van der Waals surface area (Å²) in [7, 11) is -2.95. The van der Waals surface area contributed by atoms with Gasteiger partial charge in [-0.05, 0) is 23.8 Å². The van der Waals surface area contributed by atoms with Gasteiger partial charge in [0.2, 0.25) is 5.91 Å². The molecule has 2 heterocycles. The number of carbonyl (C=O) groups is 1. The topological polar surface area (TPSA) is 79.4 Å². The first-order valence-electron chi connectivity index (χ1n) is 7.92. The highest BCUT2D eigenvalue weighted by Crippen LogP contribution is 2.27. The summed E-state index contributed by atoms with van der Waals surface area (Å²) in [5.41, 5.74) is 0.898. The van der Waals surface area contributed by atoms with Crippen molar-refractivity contribution >= 4 is 55.4 Å². The molecule has 1 aliphatic rings. The van der Waals surface area contributed by atoms with Crippen LogP contribution in [0.3, 0.4) is 0 Å². The van der Waals surface area contributed by atoms with E-state index >= 15 is 0 Å². The number of sulfone groups is 1. The first kappa shape index (κ1) is 19.6. The fraction of sp³-hybridized carbons (Fsp3) is 0.375. The van der Waals surface area contributed by atoms with Crippen LogP contribution in [0, 0.1) is 0 Å². The maximum Gasteiger partial charge on any atom is 0.240 e. The summed E-state index contributed by atoms with van der Waals surface area (Å²) in [6.07, 6.45) is 2.28. The molecule has 0 spiro atoms. The summed E-state index contributed by atoms with van der Waals surface area (Å²) in [6.45, 7) is 0.919. The zero-order chi connectivity index (χ0) is 18.7. The molecule has 0 atom stereocenters. The van der Waals surface area contributed by atoms with E-state index in [4.69, 9.17) is 23.2 Å².